The lowest BCUT2D eigenvalue weighted by molar-refractivity contribution is -0.384. The fourth-order valence-electron chi connectivity index (χ4n) is 0.987. The van der Waals surface area contributed by atoms with Gasteiger partial charge in [0.25, 0.3) is 5.69 Å². The number of aliphatic carboxylic acids is 1. The minimum absolute atomic E-state index is 0.254. The zero-order valence-electron chi connectivity index (χ0n) is 7.45. The summed E-state index contributed by atoms with van der Waals surface area (Å²) in [5, 5.41) is 27.9. The molecule has 0 heterocycles. The fraction of sp³-hybridized carbons (Fsp3) is 0. The monoisotopic (exact) mass is 209 g/mol. The molecule has 0 aliphatic rings. The van der Waals surface area contributed by atoms with Crippen LogP contribution in [0.5, 0.6) is 5.75 Å². The van der Waals surface area contributed by atoms with Crippen LogP contribution in [0.25, 0.3) is 6.08 Å². The second-order valence-electron chi connectivity index (χ2n) is 2.71. The lowest BCUT2D eigenvalue weighted by Gasteiger charge is -1.96. The highest BCUT2D eigenvalue weighted by Gasteiger charge is 2.07. The van der Waals surface area contributed by atoms with Gasteiger partial charge in [0.15, 0.2) is 0 Å². The van der Waals surface area contributed by atoms with Crippen molar-refractivity contribution in [1.82, 2.24) is 0 Å². The Morgan fingerprint density at radius 2 is 2.07 bits per heavy atom. The molecule has 6 heteroatoms. The van der Waals surface area contributed by atoms with E-state index >= 15 is 0 Å². The van der Waals surface area contributed by atoms with Gasteiger partial charge in [-0.3, -0.25) is 10.1 Å². The van der Waals surface area contributed by atoms with Crippen molar-refractivity contribution >= 4 is 17.7 Å². The van der Waals surface area contributed by atoms with Gasteiger partial charge in [-0.15, -0.1) is 0 Å². The molecule has 1 aromatic rings. The first-order valence-electron chi connectivity index (χ1n) is 3.88. The lowest BCUT2D eigenvalue weighted by Crippen LogP contribution is -1.89. The third-order valence-electron chi connectivity index (χ3n) is 1.55. The molecule has 6 nitrogen and oxygen atoms in total. The molecule has 0 saturated carbocycles. The summed E-state index contributed by atoms with van der Waals surface area (Å²) in [4.78, 5) is 19.9. The molecule has 15 heavy (non-hydrogen) atoms. The molecule has 0 aliphatic carbocycles. The second-order valence-corrected chi connectivity index (χ2v) is 2.71. The van der Waals surface area contributed by atoms with Crippen LogP contribution in [-0.4, -0.2) is 21.1 Å². The third kappa shape index (κ3) is 3.11. The molecular formula is C9H7NO5. The Hall–Kier alpha value is -2.37. The molecule has 1 rings (SSSR count). The smallest absolute Gasteiger partial charge is 0.328 e. The normalized spacial score (nSPS) is 10.4. The van der Waals surface area contributed by atoms with Crippen LogP contribution < -0.4 is 0 Å². The molecule has 1 aromatic carbocycles. The van der Waals surface area contributed by atoms with E-state index in [0.717, 1.165) is 18.2 Å². The summed E-state index contributed by atoms with van der Waals surface area (Å²) in [7, 11) is 0. The van der Waals surface area contributed by atoms with Gasteiger partial charge in [0.1, 0.15) is 5.75 Å². The van der Waals surface area contributed by atoms with Crippen molar-refractivity contribution < 1.29 is 19.9 Å². The molecule has 0 atom stereocenters. The number of benzene rings is 1. The van der Waals surface area contributed by atoms with E-state index < -0.39 is 10.9 Å². The van der Waals surface area contributed by atoms with Crippen LogP contribution in [-0.2, 0) is 4.79 Å². The van der Waals surface area contributed by atoms with Crippen LogP contribution in [0.1, 0.15) is 5.56 Å². The molecule has 0 radical (unpaired) electrons. The van der Waals surface area contributed by atoms with E-state index in [0.29, 0.717) is 0 Å². The third-order valence-corrected chi connectivity index (χ3v) is 1.55. The topological polar surface area (TPSA) is 101 Å². The number of hydrogen-bond acceptors (Lipinski definition) is 4. The summed E-state index contributed by atoms with van der Waals surface area (Å²) in [6.07, 6.45) is 1.99. The average molecular weight is 209 g/mol. The number of phenols is 1. The van der Waals surface area contributed by atoms with Gasteiger partial charge in [-0.25, -0.2) is 4.79 Å². The SMILES string of the molecule is O=C(O)/C=C/c1cc(O)cc([N+](=O)[O-])c1. The molecule has 0 unspecified atom stereocenters. The molecule has 0 saturated heterocycles. The van der Waals surface area contributed by atoms with Gasteiger partial charge >= 0.3 is 5.97 Å². The van der Waals surface area contributed by atoms with Crippen LogP contribution in [0, 0.1) is 10.1 Å². The number of rotatable bonds is 3. The van der Waals surface area contributed by atoms with Crippen LogP contribution >= 0.6 is 0 Å². The second kappa shape index (κ2) is 4.23. The first-order chi connectivity index (χ1) is 6.99. The molecule has 78 valence electrons. The number of nitro groups is 1. The Morgan fingerprint density at radius 3 is 2.60 bits per heavy atom. The van der Waals surface area contributed by atoms with Gasteiger partial charge in [0, 0.05) is 12.1 Å². The maximum absolute atomic E-state index is 10.4. The highest BCUT2D eigenvalue weighted by Crippen LogP contribution is 2.22. The van der Waals surface area contributed by atoms with Gasteiger partial charge in [0.05, 0.1) is 11.0 Å². The number of carboxylic acid groups (broad SMARTS) is 1. The molecular weight excluding hydrogens is 202 g/mol. The number of hydrogen-bond donors (Lipinski definition) is 2. The Labute approximate surface area is 84.2 Å². The fourth-order valence-corrected chi connectivity index (χ4v) is 0.987. The van der Waals surface area contributed by atoms with E-state index in [2.05, 4.69) is 0 Å². The van der Waals surface area contributed by atoms with Crippen LogP contribution in [0.3, 0.4) is 0 Å². The first kappa shape index (κ1) is 10.7. The zero-order chi connectivity index (χ0) is 11.4. The van der Waals surface area contributed by atoms with Crippen molar-refractivity contribution in [3.63, 3.8) is 0 Å². The van der Waals surface area contributed by atoms with Gasteiger partial charge < -0.3 is 10.2 Å². The maximum Gasteiger partial charge on any atom is 0.328 e. The maximum atomic E-state index is 10.4. The van der Waals surface area contributed by atoms with Gasteiger partial charge in [-0.05, 0) is 17.7 Å². The minimum atomic E-state index is -1.17. The summed E-state index contributed by atoms with van der Waals surface area (Å²) in [6, 6.07) is 3.38. The van der Waals surface area contributed by atoms with Crippen LogP contribution in [0.15, 0.2) is 24.3 Å². The summed E-state index contributed by atoms with van der Waals surface area (Å²) in [6.45, 7) is 0. The predicted octanol–water partition coefficient (Wildman–Crippen LogP) is 1.40. The average Bonchev–Trinajstić information content (AvgIpc) is 2.13. The highest BCUT2D eigenvalue weighted by molar-refractivity contribution is 5.85. The van der Waals surface area contributed by atoms with E-state index in [4.69, 9.17) is 10.2 Å². The van der Waals surface area contributed by atoms with E-state index in [9.17, 15) is 14.9 Å². The number of carbonyl (C=O) groups is 1. The molecule has 0 spiro atoms. The van der Waals surface area contributed by atoms with Crippen molar-refractivity contribution in [2.45, 2.75) is 0 Å². The summed E-state index contributed by atoms with van der Waals surface area (Å²) >= 11 is 0. The minimum Gasteiger partial charge on any atom is -0.508 e. The summed E-state index contributed by atoms with van der Waals surface area (Å²) in [5.41, 5.74) is -0.0378. The predicted molar refractivity (Wildman–Crippen MR) is 51.4 cm³/mol. The molecule has 2 N–H and O–H groups in total. The zero-order valence-corrected chi connectivity index (χ0v) is 7.45. The number of carboxylic acids is 1. The summed E-state index contributed by atoms with van der Waals surface area (Å²) in [5.74, 6) is -1.45. The number of nitro benzene ring substituents is 1. The molecule has 0 aromatic heterocycles. The Kier molecular flexibility index (Phi) is 3.02. The molecule has 0 aliphatic heterocycles. The van der Waals surface area contributed by atoms with Gasteiger partial charge in [-0.2, -0.15) is 0 Å². The summed E-state index contributed by atoms with van der Waals surface area (Å²) < 4.78 is 0. The highest BCUT2D eigenvalue weighted by atomic mass is 16.6. The Bertz CT molecular complexity index is 438. The molecule has 0 bridgehead atoms. The number of aromatic hydroxyl groups is 1. The van der Waals surface area contributed by atoms with Crippen molar-refractivity contribution in [2.75, 3.05) is 0 Å². The van der Waals surface area contributed by atoms with Crippen molar-refractivity contribution in [1.29, 1.82) is 0 Å². The first-order valence-corrected chi connectivity index (χ1v) is 3.88. The standard InChI is InChI=1S/C9H7NO5/c11-8-4-6(1-2-9(12)13)3-7(5-8)10(14)15/h1-5,11H,(H,12,13)/b2-1+. The van der Waals surface area contributed by atoms with E-state index in [1.807, 2.05) is 0 Å². The quantitative estimate of drug-likeness (QED) is 0.445. The van der Waals surface area contributed by atoms with Gasteiger partial charge in [0.2, 0.25) is 0 Å². The van der Waals surface area contributed by atoms with Crippen LogP contribution in [0.2, 0.25) is 0 Å². The largest absolute Gasteiger partial charge is 0.508 e. The van der Waals surface area contributed by atoms with Crippen molar-refractivity contribution in [3.8, 4) is 5.75 Å². The number of non-ortho nitro benzene ring substituents is 1. The van der Waals surface area contributed by atoms with E-state index in [1.165, 1.54) is 12.1 Å². The molecule has 0 amide bonds. The van der Waals surface area contributed by atoms with Crippen molar-refractivity contribution in [2.24, 2.45) is 0 Å². The van der Waals surface area contributed by atoms with Crippen LogP contribution in [0.4, 0.5) is 5.69 Å². The Balaban J connectivity index is 3.09. The van der Waals surface area contributed by atoms with Crippen molar-refractivity contribution in [3.05, 3.63) is 40.0 Å². The van der Waals surface area contributed by atoms with E-state index in [1.54, 1.807) is 0 Å². The molecule has 0 fully saturated rings. The van der Waals surface area contributed by atoms with E-state index in [-0.39, 0.29) is 17.0 Å². The van der Waals surface area contributed by atoms with Gasteiger partial charge in [-0.1, -0.05) is 0 Å². The lowest BCUT2D eigenvalue weighted by atomic mass is 10.2. The number of nitrogens with zero attached hydrogens (tertiary/aromatic N) is 1. The Morgan fingerprint density at radius 1 is 1.40 bits per heavy atom. The number of phenolic OH excluding ortho intramolecular Hbond substituents is 1.